The topological polar surface area (TPSA) is 59.6 Å². The highest BCUT2D eigenvalue weighted by Crippen LogP contribution is 2.38. The molecule has 2 heterocycles. The van der Waals surface area contributed by atoms with Crippen molar-refractivity contribution in [3.8, 4) is 0 Å². The predicted molar refractivity (Wildman–Crippen MR) is 125 cm³/mol. The zero-order valence-electron chi connectivity index (χ0n) is 18.9. The van der Waals surface area contributed by atoms with Gasteiger partial charge in [-0.1, -0.05) is 30.3 Å². The minimum atomic E-state index is -4.99. The van der Waals surface area contributed by atoms with Gasteiger partial charge in [0.2, 0.25) is 0 Å². The molecular weight excluding hydrogens is 508 g/mol. The molecule has 2 unspecified atom stereocenters. The maximum absolute atomic E-state index is 13.8. The first-order chi connectivity index (χ1) is 17.0. The molecular formula is C24H22F6N3O2S-. The Morgan fingerprint density at radius 1 is 1.03 bits per heavy atom. The summed E-state index contributed by atoms with van der Waals surface area (Å²) in [7, 11) is 0. The van der Waals surface area contributed by atoms with Gasteiger partial charge in [-0.3, -0.25) is 5.32 Å². The van der Waals surface area contributed by atoms with E-state index in [1.807, 2.05) is 0 Å². The average molecular weight is 531 g/mol. The van der Waals surface area contributed by atoms with Gasteiger partial charge in [0.25, 0.3) is 0 Å². The Kier molecular flexibility index (Phi) is 7.48. The molecule has 36 heavy (non-hydrogen) atoms. The molecule has 0 radical (unpaired) electrons. The molecule has 4 rings (SSSR count). The molecule has 12 heteroatoms. The standard InChI is InChI=1S/C24H22F6N3O2S/c1-36-21-11-19(15-5-3-2-4-6-15)33(34)20(18-12-31-13-32-22(18)35-21)9-14-7-16(23(25,26)27)10-17(8-14)24(28,29)30/h2-8,10-11,20-21,31-32H,9,12-13H2,1H3/q-1/b19-11-. The molecule has 2 aliphatic heterocycles. The van der Waals surface area contributed by atoms with Gasteiger partial charge in [-0.25, -0.2) is 0 Å². The Balaban J connectivity index is 1.83. The quantitative estimate of drug-likeness (QED) is 0.505. The summed E-state index contributed by atoms with van der Waals surface area (Å²) in [6.07, 6.45) is -7.00. The number of alkyl halides is 6. The summed E-state index contributed by atoms with van der Waals surface area (Å²) in [5.74, 6) is 0.283. The van der Waals surface area contributed by atoms with Gasteiger partial charge >= 0.3 is 12.4 Å². The fraction of sp³-hybridized carbons (Fsp3) is 0.333. The van der Waals surface area contributed by atoms with E-state index in [0.717, 1.165) is 0 Å². The number of benzene rings is 2. The Labute approximate surface area is 207 Å². The van der Waals surface area contributed by atoms with Crippen LogP contribution in [0.4, 0.5) is 26.3 Å². The van der Waals surface area contributed by atoms with E-state index in [1.165, 1.54) is 11.8 Å². The number of nitrogens with zero attached hydrogens (tertiary/aromatic N) is 1. The second-order valence-corrected chi connectivity index (χ2v) is 9.17. The fourth-order valence-corrected chi connectivity index (χ4v) is 4.55. The zero-order valence-corrected chi connectivity index (χ0v) is 19.7. The first-order valence-electron chi connectivity index (χ1n) is 10.9. The summed E-state index contributed by atoms with van der Waals surface area (Å²) in [5, 5.41) is 20.5. The van der Waals surface area contributed by atoms with Crippen LogP contribution in [0.2, 0.25) is 0 Å². The normalized spacial score (nSPS) is 22.6. The van der Waals surface area contributed by atoms with Crippen LogP contribution in [0.3, 0.4) is 0 Å². The number of nitrogens with one attached hydrogen (secondary N) is 2. The van der Waals surface area contributed by atoms with Crippen LogP contribution in [0.15, 0.2) is 66.1 Å². The zero-order chi connectivity index (χ0) is 26.1. The van der Waals surface area contributed by atoms with Crippen LogP contribution in [-0.4, -0.2) is 36.0 Å². The van der Waals surface area contributed by atoms with E-state index < -0.39 is 41.4 Å². The van der Waals surface area contributed by atoms with Gasteiger partial charge in [-0.15, -0.1) is 11.8 Å². The fourth-order valence-electron chi connectivity index (χ4n) is 4.10. The highest BCUT2D eigenvalue weighted by molar-refractivity contribution is 7.99. The summed E-state index contributed by atoms with van der Waals surface area (Å²) < 4.78 is 86.7. The maximum atomic E-state index is 13.8. The lowest BCUT2D eigenvalue weighted by molar-refractivity contribution is -0.143. The first-order valence-corrected chi connectivity index (χ1v) is 12.1. The smallest absolute Gasteiger partial charge is 0.416 e. The van der Waals surface area contributed by atoms with Crippen LogP contribution in [0.5, 0.6) is 0 Å². The van der Waals surface area contributed by atoms with Crippen LogP contribution in [-0.2, 0) is 23.5 Å². The van der Waals surface area contributed by atoms with E-state index in [9.17, 15) is 31.5 Å². The second-order valence-electron chi connectivity index (χ2n) is 8.23. The van der Waals surface area contributed by atoms with Gasteiger partial charge in [0, 0.05) is 23.9 Å². The lowest BCUT2D eigenvalue weighted by Gasteiger charge is -2.45. The summed E-state index contributed by atoms with van der Waals surface area (Å²) in [6, 6.07) is 8.86. The van der Waals surface area contributed by atoms with E-state index in [1.54, 1.807) is 42.7 Å². The molecule has 0 saturated heterocycles. The molecule has 2 aromatic carbocycles. The van der Waals surface area contributed by atoms with Gasteiger partial charge in [0.1, 0.15) is 0 Å². The van der Waals surface area contributed by atoms with Gasteiger partial charge in [-0.2, -0.15) is 26.3 Å². The molecule has 194 valence electrons. The van der Waals surface area contributed by atoms with Gasteiger partial charge in [-0.05, 0) is 48.1 Å². The molecule has 2 N–H and O–H groups in total. The number of hydroxylamine groups is 2. The van der Waals surface area contributed by atoms with Crippen molar-refractivity contribution in [1.29, 1.82) is 0 Å². The third-order valence-corrected chi connectivity index (χ3v) is 6.51. The molecule has 0 amide bonds. The van der Waals surface area contributed by atoms with Crippen LogP contribution in [0, 0.1) is 5.21 Å². The van der Waals surface area contributed by atoms with Crippen molar-refractivity contribution in [2.75, 3.05) is 19.5 Å². The highest BCUT2D eigenvalue weighted by Gasteiger charge is 2.38. The molecule has 2 atom stereocenters. The Morgan fingerprint density at radius 2 is 1.67 bits per heavy atom. The van der Waals surface area contributed by atoms with Crippen LogP contribution in [0.1, 0.15) is 22.3 Å². The van der Waals surface area contributed by atoms with Gasteiger partial charge < -0.3 is 20.3 Å². The van der Waals surface area contributed by atoms with Gasteiger partial charge in [0.05, 0.1) is 17.8 Å². The van der Waals surface area contributed by atoms with Crippen molar-refractivity contribution in [2.45, 2.75) is 30.3 Å². The molecule has 2 aliphatic rings. The minimum Gasteiger partial charge on any atom is -0.758 e. The van der Waals surface area contributed by atoms with Crippen LogP contribution >= 0.6 is 11.8 Å². The predicted octanol–water partition coefficient (Wildman–Crippen LogP) is 5.56. The lowest BCUT2D eigenvalue weighted by atomic mass is 9.93. The second kappa shape index (κ2) is 10.3. The number of ether oxygens (including phenoxy) is 1. The molecule has 0 bridgehead atoms. The molecule has 0 aromatic heterocycles. The Bertz CT molecular complexity index is 1120. The number of thioether (sulfide) groups is 1. The van der Waals surface area contributed by atoms with E-state index in [-0.39, 0.29) is 29.8 Å². The van der Waals surface area contributed by atoms with Crippen LogP contribution < -0.4 is 10.6 Å². The molecule has 0 saturated carbocycles. The largest absolute Gasteiger partial charge is 0.758 e. The summed E-state index contributed by atoms with van der Waals surface area (Å²) >= 11 is 1.33. The Morgan fingerprint density at radius 3 is 2.25 bits per heavy atom. The molecule has 0 spiro atoms. The van der Waals surface area contributed by atoms with E-state index in [4.69, 9.17) is 4.74 Å². The summed E-state index contributed by atoms with van der Waals surface area (Å²) in [4.78, 5) is 0. The number of hydrogen-bond acceptors (Lipinski definition) is 6. The van der Waals surface area contributed by atoms with Crippen molar-refractivity contribution in [3.63, 3.8) is 0 Å². The van der Waals surface area contributed by atoms with E-state index >= 15 is 0 Å². The van der Waals surface area contributed by atoms with Crippen molar-refractivity contribution in [1.82, 2.24) is 15.7 Å². The SMILES string of the molecule is CSC1/C=C(/c2ccccc2)N([O-])C(Cc2cc(C(F)(F)F)cc(C(F)(F)F)c2)C2=C(NCNC2)O1. The highest BCUT2D eigenvalue weighted by atomic mass is 32.2. The van der Waals surface area contributed by atoms with Crippen LogP contribution in [0.25, 0.3) is 5.70 Å². The van der Waals surface area contributed by atoms with E-state index in [2.05, 4.69) is 10.6 Å². The first kappa shape index (κ1) is 26.2. The van der Waals surface area contributed by atoms with E-state index in [0.29, 0.717) is 35.0 Å². The van der Waals surface area contributed by atoms with Crippen molar-refractivity contribution >= 4 is 17.5 Å². The number of rotatable bonds is 4. The minimum absolute atomic E-state index is 0.0759. The number of hydrogen-bond donors (Lipinski definition) is 2. The third kappa shape index (κ3) is 5.76. The molecule has 5 nitrogen and oxygen atoms in total. The molecule has 0 fully saturated rings. The third-order valence-electron chi connectivity index (χ3n) is 5.81. The van der Waals surface area contributed by atoms with Gasteiger partial charge in [0.15, 0.2) is 11.3 Å². The van der Waals surface area contributed by atoms with Crippen molar-refractivity contribution in [2.24, 2.45) is 0 Å². The summed E-state index contributed by atoms with van der Waals surface area (Å²) in [6.45, 7) is 0.489. The molecule has 2 aromatic rings. The average Bonchev–Trinajstić information content (AvgIpc) is 2.83. The lowest BCUT2D eigenvalue weighted by Crippen LogP contribution is -2.46. The molecule has 0 aliphatic carbocycles. The summed E-state index contributed by atoms with van der Waals surface area (Å²) in [5.41, 5.74) is -2.53. The van der Waals surface area contributed by atoms with Crippen molar-refractivity contribution in [3.05, 3.63) is 93.5 Å². The Hall–Kier alpha value is -2.83. The van der Waals surface area contributed by atoms with Crippen molar-refractivity contribution < 1.29 is 31.1 Å². The maximum Gasteiger partial charge on any atom is 0.416 e. The monoisotopic (exact) mass is 530 g/mol. The number of halogens is 6.